The molecule has 4 nitrogen and oxygen atoms in total. The van der Waals surface area contributed by atoms with Crippen LogP contribution in [0, 0.1) is 23.7 Å². The molecule has 5 saturated carbocycles. The molecular formula is C28H40N2O2. The molecule has 5 aliphatic rings. The maximum atomic E-state index is 13.6. The predicted molar refractivity (Wildman–Crippen MR) is 127 cm³/mol. The van der Waals surface area contributed by atoms with E-state index in [4.69, 9.17) is 0 Å². The Morgan fingerprint density at radius 1 is 1.00 bits per heavy atom. The van der Waals surface area contributed by atoms with Crippen LogP contribution in [-0.2, 0) is 16.0 Å². The molecule has 4 bridgehead atoms. The average molecular weight is 437 g/mol. The summed E-state index contributed by atoms with van der Waals surface area (Å²) in [6.45, 7) is 0.685. The molecule has 4 heteroatoms. The number of amides is 2. The SMILES string of the molecule is O=CN([C@H](C(=O)NCCCc1ccccc1)C1CCCCC1)C12CC3CC(CC(C3)C1)C2. The van der Waals surface area contributed by atoms with Gasteiger partial charge in [-0.25, -0.2) is 0 Å². The first-order valence-corrected chi connectivity index (χ1v) is 13.2. The smallest absolute Gasteiger partial charge is 0.243 e. The van der Waals surface area contributed by atoms with Gasteiger partial charge in [0.2, 0.25) is 12.3 Å². The van der Waals surface area contributed by atoms with Gasteiger partial charge in [0.05, 0.1) is 0 Å². The molecule has 32 heavy (non-hydrogen) atoms. The van der Waals surface area contributed by atoms with Gasteiger partial charge >= 0.3 is 0 Å². The summed E-state index contributed by atoms with van der Waals surface area (Å²) in [5.74, 6) is 2.72. The molecular weight excluding hydrogens is 396 g/mol. The van der Waals surface area contributed by atoms with Crippen molar-refractivity contribution >= 4 is 12.3 Å². The van der Waals surface area contributed by atoms with Gasteiger partial charge in [-0.05, 0) is 93.4 Å². The van der Waals surface area contributed by atoms with Gasteiger partial charge in [0.15, 0.2) is 0 Å². The largest absolute Gasteiger partial charge is 0.354 e. The summed E-state index contributed by atoms with van der Waals surface area (Å²) >= 11 is 0. The third-order valence-electron chi connectivity index (χ3n) is 9.12. The van der Waals surface area contributed by atoms with Gasteiger partial charge in [0.1, 0.15) is 6.04 Å². The fourth-order valence-electron chi connectivity index (χ4n) is 8.12. The minimum Gasteiger partial charge on any atom is -0.354 e. The zero-order chi connectivity index (χ0) is 22.0. The van der Waals surface area contributed by atoms with E-state index in [9.17, 15) is 9.59 Å². The molecule has 0 saturated heterocycles. The van der Waals surface area contributed by atoms with Crippen molar-refractivity contribution < 1.29 is 9.59 Å². The maximum absolute atomic E-state index is 13.6. The summed E-state index contributed by atoms with van der Waals surface area (Å²) in [6, 6.07) is 10.2. The highest BCUT2D eigenvalue weighted by Gasteiger charge is 2.56. The molecule has 5 aliphatic carbocycles. The monoisotopic (exact) mass is 436 g/mol. The molecule has 0 radical (unpaired) electrons. The van der Waals surface area contributed by atoms with Gasteiger partial charge < -0.3 is 10.2 Å². The van der Waals surface area contributed by atoms with Gasteiger partial charge in [0, 0.05) is 12.1 Å². The minimum atomic E-state index is -0.277. The van der Waals surface area contributed by atoms with Crippen molar-refractivity contribution in [3.8, 4) is 0 Å². The Labute approximate surface area is 193 Å². The Bertz CT molecular complexity index is 751. The number of rotatable bonds is 9. The van der Waals surface area contributed by atoms with Gasteiger partial charge in [0.25, 0.3) is 0 Å². The summed E-state index contributed by atoms with van der Waals surface area (Å²) < 4.78 is 0. The van der Waals surface area contributed by atoms with E-state index in [0.29, 0.717) is 12.5 Å². The number of aryl methyl sites for hydroxylation is 1. The first-order chi connectivity index (χ1) is 15.7. The van der Waals surface area contributed by atoms with Crippen molar-refractivity contribution in [2.45, 2.75) is 95.1 Å². The molecule has 174 valence electrons. The van der Waals surface area contributed by atoms with Crippen LogP contribution in [-0.4, -0.2) is 35.3 Å². The standard InChI is InChI=1S/C28H40N2O2/c31-20-30(28-17-22-14-23(18-28)16-24(15-22)19-28)26(25-11-5-2-6-12-25)27(32)29-13-7-10-21-8-3-1-4-9-21/h1,3-4,8-9,20,22-26H,2,5-7,10-19H2,(H,29,32)/t22?,23?,24?,26-,28?/m0/s1. The second kappa shape index (κ2) is 9.57. The normalized spacial score (nSPS) is 32.4. The van der Waals surface area contributed by atoms with Gasteiger partial charge in [-0.1, -0.05) is 49.6 Å². The molecule has 0 heterocycles. The molecule has 0 spiro atoms. The van der Waals surface area contributed by atoms with E-state index in [2.05, 4.69) is 34.5 Å². The topological polar surface area (TPSA) is 49.4 Å². The first kappa shape index (κ1) is 22.0. The van der Waals surface area contributed by atoms with Gasteiger partial charge in [-0.2, -0.15) is 0 Å². The van der Waals surface area contributed by atoms with E-state index in [-0.39, 0.29) is 17.5 Å². The third-order valence-corrected chi connectivity index (χ3v) is 9.12. The summed E-state index contributed by atoms with van der Waals surface area (Å²) in [4.78, 5) is 28.4. The van der Waals surface area contributed by atoms with Crippen LogP contribution in [0.25, 0.3) is 0 Å². The number of hydrogen-bond donors (Lipinski definition) is 1. The third kappa shape index (κ3) is 4.47. The Morgan fingerprint density at radius 3 is 2.22 bits per heavy atom. The zero-order valence-electron chi connectivity index (χ0n) is 19.5. The Morgan fingerprint density at radius 2 is 1.62 bits per heavy atom. The maximum Gasteiger partial charge on any atom is 0.243 e. The summed E-state index contributed by atoms with van der Waals surface area (Å²) in [5, 5.41) is 3.26. The van der Waals surface area contributed by atoms with Crippen LogP contribution in [0.15, 0.2) is 30.3 Å². The van der Waals surface area contributed by atoms with Crippen molar-refractivity contribution in [2.24, 2.45) is 23.7 Å². The molecule has 1 aromatic rings. The van der Waals surface area contributed by atoms with Crippen LogP contribution in [0.1, 0.15) is 82.6 Å². The first-order valence-electron chi connectivity index (χ1n) is 13.2. The Kier molecular flexibility index (Phi) is 6.57. The number of carbonyl (C=O) groups is 2. The molecule has 0 aliphatic heterocycles. The van der Waals surface area contributed by atoms with Crippen LogP contribution in [0.4, 0.5) is 0 Å². The number of nitrogens with one attached hydrogen (secondary N) is 1. The van der Waals surface area contributed by atoms with Crippen molar-refractivity contribution in [3.05, 3.63) is 35.9 Å². The summed E-state index contributed by atoms with van der Waals surface area (Å²) in [7, 11) is 0. The fraction of sp³-hybridized carbons (Fsp3) is 0.714. The van der Waals surface area contributed by atoms with Crippen LogP contribution in [0.5, 0.6) is 0 Å². The van der Waals surface area contributed by atoms with Crippen molar-refractivity contribution in [1.29, 1.82) is 0 Å². The van der Waals surface area contributed by atoms with E-state index in [1.807, 2.05) is 6.07 Å². The number of hydrogen-bond acceptors (Lipinski definition) is 2. The molecule has 1 aromatic carbocycles. The highest BCUT2D eigenvalue weighted by Crippen LogP contribution is 2.58. The highest BCUT2D eigenvalue weighted by atomic mass is 16.2. The minimum absolute atomic E-state index is 0.0556. The summed E-state index contributed by atoms with van der Waals surface area (Å²) in [6.07, 6.45) is 16.2. The van der Waals surface area contributed by atoms with Crippen LogP contribution >= 0.6 is 0 Å². The zero-order valence-corrected chi connectivity index (χ0v) is 19.5. The quantitative estimate of drug-likeness (QED) is 0.432. The van der Waals surface area contributed by atoms with E-state index in [0.717, 1.165) is 69.1 Å². The predicted octanol–water partition coefficient (Wildman–Crippen LogP) is 5.11. The Balaban J connectivity index is 1.29. The van der Waals surface area contributed by atoms with E-state index in [1.54, 1.807) is 0 Å². The van der Waals surface area contributed by atoms with Crippen molar-refractivity contribution in [2.75, 3.05) is 6.54 Å². The van der Waals surface area contributed by atoms with Crippen molar-refractivity contribution in [1.82, 2.24) is 10.2 Å². The lowest BCUT2D eigenvalue weighted by molar-refractivity contribution is -0.156. The van der Waals surface area contributed by atoms with Crippen LogP contribution < -0.4 is 5.32 Å². The lowest BCUT2D eigenvalue weighted by atomic mass is 9.52. The molecule has 6 rings (SSSR count). The van der Waals surface area contributed by atoms with Crippen molar-refractivity contribution in [3.63, 3.8) is 0 Å². The average Bonchev–Trinajstić information content (AvgIpc) is 2.80. The molecule has 2 amide bonds. The number of benzene rings is 1. The lowest BCUT2D eigenvalue weighted by Gasteiger charge is -2.61. The van der Waals surface area contributed by atoms with Crippen LogP contribution in [0.3, 0.4) is 0 Å². The molecule has 1 atom stereocenters. The second-order valence-corrected chi connectivity index (χ2v) is 11.4. The fourth-order valence-corrected chi connectivity index (χ4v) is 8.12. The van der Waals surface area contributed by atoms with E-state index >= 15 is 0 Å². The number of nitrogens with zero attached hydrogens (tertiary/aromatic N) is 1. The van der Waals surface area contributed by atoms with E-state index < -0.39 is 0 Å². The Hall–Kier alpha value is -1.84. The van der Waals surface area contributed by atoms with Gasteiger partial charge in [-0.15, -0.1) is 0 Å². The van der Waals surface area contributed by atoms with Gasteiger partial charge in [-0.3, -0.25) is 9.59 Å². The van der Waals surface area contributed by atoms with E-state index in [1.165, 1.54) is 44.1 Å². The lowest BCUT2D eigenvalue weighted by Crippen LogP contribution is -2.66. The number of carbonyl (C=O) groups excluding carboxylic acids is 2. The molecule has 5 fully saturated rings. The molecule has 0 unspecified atom stereocenters. The highest BCUT2D eigenvalue weighted by molar-refractivity contribution is 5.84. The second-order valence-electron chi connectivity index (χ2n) is 11.4. The van der Waals surface area contributed by atoms with Crippen LogP contribution in [0.2, 0.25) is 0 Å². The summed E-state index contributed by atoms with van der Waals surface area (Å²) in [5.41, 5.74) is 1.26. The molecule has 0 aromatic heterocycles. The molecule has 1 N–H and O–H groups in total.